The SMILES string of the molecule is c1ccc(-c2ccc(N(c3ccc4c5ccccc5n(-c5ccccc5)c4c3)c3cccc4c3oc3c5ccccc5cnc43)cc2)cc1. The van der Waals surface area contributed by atoms with Gasteiger partial charge in [0, 0.05) is 50.2 Å². The number of pyridine rings is 1. The fourth-order valence-electron chi connectivity index (χ4n) is 7.34. The van der Waals surface area contributed by atoms with Gasteiger partial charge in [-0.05, 0) is 65.7 Å². The van der Waals surface area contributed by atoms with E-state index in [0.717, 1.165) is 61.1 Å². The highest BCUT2D eigenvalue weighted by Gasteiger charge is 2.22. The van der Waals surface area contributed by atoms with Gasteiger partial charge in [-0.2, -0.15) is 0 Å². The Morgan fingerprint density at radius 3 is 1.96 bits per heavy atom. The lowest BCUT2D eigenvalue weighted by Gasteiger charge is -2.26. The standard InChI is InChI=1S/C45H29N3O/c1-3-12-30(13-4-1)31-22-24-34(25-23-31)47(41-21-11-19-39-43-45(49-44(39)41)36-17-8-7-14-32(36)29-46-43)35-26-27-38-37-18-9-10-20-40(37)48(42(38)28-35)33-15-5-2-6-16-33/h1-29H. The van der Waals surface area contributed by atoms with Crippen molar-refractivity contribution in [2.75, 3.05) is 4.90 Å². The molecule has 0 spiro atoms. The minimum absolute atomic E-state index is 0.803. The summed E-state index contributed by atoms with van der Waals surface area (Å²) in [6, 6.07) is 60.0. The number of hydrogen-bond donors (Lipinski definition) is 0. The van der Waals surface area contributed by atoms with Crippen LogP contribution in [0, 0.1) is 0 Å². The summed E-state index contributed by atoms with van der Waals surface area (Å²) in [6.07, 6.45) is 1.94. The van der Waals surface area contributed by atoms with Crippen molar-refractivity contribution in [3.8, 4) is 16.8 Å². The molecule has 0 aliphatic rings. The number of rotatable bonds is 5. The molecular weight excluding hydrogens is 599 g/mol. The molecule has 4 nitrogen and oxygen atoms in total. The third kappa shape index (κ3) is 4.35. The van der Waals surface area contributed by atoms with Gasteiger partial charge >= 0.3 is 0 Å². The maximum Gasteiger partial charge on any atom is 0.161 e. The predicted molar refractivity (Wildman–Crippen MR) is 203 cm³/mol. The van der Waals surface area contributed by atoms with Crippen LogP contribution < -0.4 is 4.90 Å². The largest absolute Gasteiger partial charge is 0.451 e. The summed E-state index contributed by atoms with van der Waals surface area (Å²) in [5, 5.41) is 5.54. The minimum atomic E-state index is 0.803. The van der Waals surface area contributed by atoms with Crippen LogP contribution >= 0.6 is 0 Å². The van der Waals surface area contributed by atoms with Gasteiger partial charge in [-0.3, -0.25) is 4.98 Å². The Morgan fingerprint density at radius 2 is 1.12 bits per heavy atom. The number of para-hydroxylation sites is 3. The highest BCUT2D eigenvalue weighted by atomic mass is 16.3. The van der Waals surface area contributed by atoms with Gasteiger partial charge in [-0.15, -0.1) is 0 Å². The molecule has 230 valence electrons. The van der Waals surface area contributed by atoms with Gasteiger partial charge in [-0.1, -0.05) is 115 Å². The molecule has 0 saturated heterocycles. The number of fused-ring (bicyclic) bond motifs is 8. The summed E-state index contributed by atoms with van der Waals surface area (Å²) in [5.74, 6) is 0. The number of benzene rings is 7. The van der Waals surface area contributed by atoms with E-state index >= 15 is 0 Å². The number of anilines is 3. The minimum Gasteiger partial charge on any atom is -0.451 e. The van der Waals surface area contributed by atoms with Crippen LogP contribution in [0.1, 0.15) is 0 Å². The molecule has 3 heterocycles. The molecule has 0 aliphatic heterocycles. The van der Waals surface area contributed by atoms with Crippen LogP contribution in [0.4, 0.5) is 17.1 Å². The third-order valence-corrected chi connectivity index (χ3v) is 9.61. The second kappa shape index (κ2) is 11.0. The molecular formula is C45H29N3O. The van der Waals surface area contributed by atoms with Gasteiger partial charge in [0.15, 0.2) is 11.2 Å². The van der Waals surface area contributed by atoms with Gasteiger partial charge in [0.1, 0.15) is 5.52 Å². The third-order valence-electron chi connectivity index (χ3n) is 9.61. The molecule has 4 heteroatoms. The number of aromatic nitrogens is 2. The van der Waals surface area contributed by atoms with Crippen LogP contribution in [0.5, 0.6) is 0 Å². The monoisotopic (exact) mass is 627 g/mol. The molecule has 0 amide bonds. The van der Waals surface area contributed by atoms with Crippen molar-refractivity contribution in [1.82, 2.24) is 9.55 Å². The van der Waals surface area contributed by atoms with Crippen molar-refractivity contribution in [2.45, 2.75) is 0 Å². The average Bonchev–Trinajstić information content (AvgIpc) is 3.72. The highest BCUT2D eigenvalue weighted by molar-refractivity contribution is 6.16. The second-order valence-corrected chi connectivity index (χ2v) is 12.4. The van der Waals surface area contributed by atoms with E-state index < -0.39 is 0 Å². The Kier molecular flexibility index (Phi) is 6.15. The zero-order valence-electron chi connectivity index (χ0n) is 26.5. The first-order valence-corrected chi connectivity index (χ1v) is 16.5. The summed E-state index contributed by atoms with van der Waals surface area (Å²) in [5.41, 5.74) is 11.3. The Labute approximate surface area is 282 Å². The Morgan fingerprint density at radius 1 is 0.469 bits per heavy atom. The number of nitrogens with zero attached hydrogens (tertiary/aromatic N) is 3. The molecule has 0 atom stereocenters. The summed E-state index contributed by atoms with van der Waals surface area (Å²) < 4.78 is 9.20. The zero-order valence-corrected chi connectivity index (χ0v) is 26.5. The van der Waals surface area contributed by atoms with E-state index in [0.29, 0.717) is 0 Å². The molecule has 0 radical (unpaired) electrons. The summed E-state index contributed by atoms with van der Waals surface area (Å²) >= 11 is 0. The van der Waals surface area contributed by atoms with Crippen LogP contribution in [-0.4, -0.2) is 9.55 Å². The van der Waals surface area contributed by atoms with Crippen LogP contribution in [-0.2, 0) is 0 Å². The molecule has 0 bridgehead atoms. The van der Waals surface area contributed by atoms with E-state index in [1.54, 1.807) is 0 Å². The van der Waals surface area contributed by atoms with Gasteiger partial charge in [-0.25, -0.2) is 0 Å². The van der Waals surface area contributed by atoms with E-state index in [1.807, 2.05) is 12.3 Å². The van der Waals surface area contributed by atoms with Gasteiger partial charge in [0.05, 0.1) is 16.7 Å². The van der Waals surface area contributed by atoms with E-state index in [4.69, 9.17) is 9.40 Å². The lowest BCUT2D eigenvalue weighted by Crippen LogP contribution is -2.10. The Balaban J connectivity index is 1.24. The first-order chi connectivity index (χ1) is 24.3. The van der Waals surface area contributed by atoms with E-state index in [9.17, 15) is 0 Å². The maximum atomic E-state index is 6.83. The van der Waals surface area contributed by atoms with Gasteiger partial charge < -0.3 is 13.9 Å². The molecule has 10 aromatic rings. The van der Waals surface area contributed by atoms with Gasteiger partial charge in [0.25, 0.3) is 0 Å². The maximum absolute atomic E-state index is 6.83. The Bertz CT molecular complexity index is 2820. The lowest BCUT2D eigenvalue weighted by atomic mass is 10.0. The van der Waals surface area contributed by atoms with Crippen LogP contribution in [0.3, 0.4) is 0 Å². The first kappa shape index (κ1) is 27.5. The topological polar surface area (TPSA) is 34.2 Å². The number of furan rings is 1. The molecule has 49 heavy (non-hydrogen) atoms. The van der Waals surface area contributed by atoms with Crippen molar-refractivity contribution in [3.05, 3.63) is 176 Å². The number of hydrogen-bond acceptors (Lipinski definition) is 3. The van der Waals surface area contributed by atoms with Crippen molar-refractivity contribution < 1.29 is 4.42 Å². The highest BCUT2D eigenvalue weighted by Crippen LogP contribution is 2.44. The smallest absolute Gasteiger partial charge is 0.161 e. The fourth-order valence-corrected chi connectivity index (χ4v) is 7.34. The zero-order chi connectivity index (χ0) is 32.3. The summed E-state index contributed by atoms with van der Waals surface area (Å²) in [6.45, 7) is 0. The molecule has 10 rings (SSSR count). The van der Waals surface area contributed by atoms with Crippen molar-refractivity contribution in [1.29, 1.82) is 0 Å². The average molecular weight is 628 g/mol. The van der Waals surface area contributed by atoms with Gasteiger partial charge in [0.2, 0.25) is 0 Å². The predicted octanol–water partition coefficient (Wildman–Crippen LogP) is 12.4. The molecule has 0 unspecified atom stereocenters. The van der Waals surface area contributed by atoms with Crippen molar-refractivity contribution >= 4 is 71.7 Å². The van der Waals surface area contributed by atoms with E-state index in [-0.39, 0.29) is 0 Å². The van der Waals surface area contributed by atoms with E-state index in [1.165, 1.54) is 27.4 Å². The molecule has 0 saturated carbocycles. The quantitative estimate of drug-likeness (QED) is 0.190. The van der Waals surface area contributed by atoms with Crippen molar-refractivity contribution in [2.24, 2.45) is 0 Å². The normalized spacial score (nSPS) is 11.7. The molecule has 7 aromatic carbocycles. The fraction of sp³-hybridized carbons (Fsp3) is 0. The molecule has 3 aromatic heterocycles. The van der Waals surface area contributed by atoms with Crippen LogP contribution in [0.25, 0.3) is 71.5 Å². The van der Waals surface area contributed by atoms with Crippen LogP contribution in [0.2, 0.25) is 0 Å². The molecule has 0 aliphatic carbocycles. The van der Waals surface area contributed by atoms with Crippen LogP contribution in [0.15, 0.2) is 180 Å². The molecule has 0 fully saturated rings. The van der Waals surface area contributed by atoms with Crippen molar-refractivity contribution in [3.63, 3.8) is 0 Å². The first-order valence-electron chi connectivity index (χ1n) is 16.5. The lowest BCUT2D eigenvalue weighted by molar-refractivity contribution is 0.672. The molecule has 0 N–H and O–H groups in total. The summed E-state index contributed by atoms with van der Waals surface area (Å²) in [4.78, 5) is 7.20. The Hall–Kier alpha value is -6.65. The van der Waals surface area contributed by atoms with E-state index in [2.05, 4.69) is 173 Å². The second-order valence-electron chi connectivity index (χ2n) is 12.4. The summed E-state index contributed by atoms with van der Waals surface area (Å²) in [7, 11) is 0.